The van der Waals surface area contributed by atoms with Gasteiger partial charge in [-0.05, 0) is 49.7 Å². The van der Waals surface area contributed by atoms with Crippen molar-refractivity contribution in [1.82, 2.24) is 15.0 Å². The van der Waals surface area contributed by atoms with Crippen molar-refractivity contribution in [3.05, 3.63) is 89.5 Å². The van der Waals surface area contributed by atoms with E-state index in [2.05, 4.69) is 20.3 Å². The van der Waals surface area contributed by atoms with Crippen LogP contribution in [0.2, 0.25) is 0 Å². The fourth-order valence-electron chi connectivity index (χ4n) is 3.18. The number of aryl methyl sites for hydroxylation is 2. The first-order chi connectivity index (χ1) is 13.1. The monoisotopic (exact) mass is 356 g/mol. The Labute approximate surface area is 157 Å². The minimum absolute atomic E-state index is 0.154. The molecule has 5 nitrogen and oxygen atoms in total. The Kier molecular flexibility index (Phi) is 4.42. The molecule has 134 valence electrons. The number of nitrogens with zero attached hydrogens (tertiary/aromatic N) is 3. The number of aromatic nitrogens is 3. The highest BCUT2D eigenvalue weighted by atomic mass is 16.3. The standard InChI is InChI=1S/C22H20N4O/c1-14-10-12-23-19(13-14)26-21(18-7-3-5-15(2)25-18)17-9-8-16-6-4-11-24-20(16)22(17)27/h3-13,21,27H,1-2H3,(H,23,26). The molecule has 3 heterocycles. The molecular weight excluding hydrogens is 336 g/mol. The van der Waals surface area contributed by atoms with Gasteiger partial charge in [-0.15, -0.1) is 0 Å². The molecule has 1 unspecified atom stereocenters. The highest BCUT2D eigenvalue weighted by molar-refractivity contribution is 5.85. The molecule has 0 amide bonds. The van der Waals surface area contributed by atoms with Gasteiger partial charge in [0.25, 0.3) is 0 Å². The number of phenolic OH excluding ortho intramolecular Hbond substituents is 1. The average Bonchev–Trinajstić information content (AvgIpc) is 2.67. The van der Waals surface area contributed by atoms with Crippen LogP contribution in [0.25, 0.3) is 10.9 Å². The maximum absolute atomic E-state index is 10.9. The lowest BCUT2D eigenvalue weighted by atomic mass is 9.99. The van der Waals surface area contributed by atoms with E-state index >= 15 is 0 Å². The number of fused-ring (bicyclic) bond motifs is 1. The van der Waals surface area contributed by atoms with E-state index in [0.717, 1.165) is 28.2 Å². The van der Waals surface area contributed by atoms with Gasteiger partial charge >= 0.3 is 0 Å². The van der Waals surface area contributed by atoms with E-state index in [1.165, 1.54) is 0 Å². The van der Waals surface area contributed by atoms with Crippen LogP contribution >= 0.6 is 0 Å². The number of anilines is 1. The Morgan fingerprint density at radius 2 is 1.81 bits per heavy atom. The average molecular weight is 356 g/mol. The summed E-state index contributed by atoms with van der Waals surface area (Å²) in [6.07, 6.45) is 3.45. The number of aromatic hydroxyl groups is 1. The van der Waals surface area contributed by atoms with Gasteiger partial charge in [0.05, 0.1) is 11.7 Å². The van der Waals surface area contributed by atoms with Crippen LogP contribution < -0.4 is 5.32 Å². The predicted molar refractivity (Wildman–Crippen MR) is 107 cm³/mol. The number of rotatable bonds is 4. The maximum Gasteiger partial charge on any atom is 0.147 e. The van der Waals surface area contributed by atoms with Crippen molar-refractivity contribution >= 4 is 16.7 Å². The second-order valence-corrected chi connectivity index (χ2v) is 6.58. The van der Waals surface area contributed by atoms with E-state index < -0.39 is 0 Å². The van der Waals surface area contributed by atoms with Crippen LogP contribution in [0.1, 0.15) is 28.6 Å². The lowest BCUT2D eigenvalue weighted by Crippen LogP contribution is -2.15. The van der Waals surface area contributed by atoms with Crippen molar-refractivity contribution in [2.75, 3.05) is 5.32 Å². The van der Waals surface area contributed by atoms with Gasteiger partial charge in [-0.1, -0.05) is 24.3 Å². The van der Waals surface area contributed by atoms with Crippen LogP contribution in [0.3, 0.4) is 0 Å². The first-order valence-corrected chi connectivity index (χ1v) is 8.81. The molecule has 2 N–H and O–H groups in total. The summed E-state index contributed by atoms with van der Waals surface area (Å²) in [5.41, 5.74) is 4.11. The Morgan fingerprint density at radius 1 is 0.926 bits per heavy atom. The molecule has 0 aliphatic rings. The van der Waals surface area contributed by atoms with Gasteiger partial charge in [-0.25, -0.2) is 4.98 Å². The third kappa shape index (κ3) is 3.44. The minimum Gasteiger partial charge on any atom is -0.505 e. The van der Waals surface area contributed by atoms with Gasteiger partial charge in [0, 0.05) is 29.0 Å². The Morgan fingerprint density at radius 3 is 2.63 bits per heavy atom. The van der Waals surface area contributed by atoms with Crippen LogP contribution in [-0.4, -0.2) is 20.1 Å². The largest absolute Gasteiger partial charge is 0.505 e. The molecule has 0 radical (unpaired) electrons. The smallest absolute Gasteiger partial charge is 0.147 e. The zero-order valence-corrected chi connectivity index (χ0v) is 15.2. The predicted octanol–water partition coefficient (Wildman–Crippen LogP) is 4.55. The van der Waals surface area contributed by atoms with Crippen molar-refractivity contribution in [2.45, 2.75) is 19.9 Å². The molecule has 0 fully saturated rings. The summed E-state index contributed by atoms with van der Waals surface area (Å²) in [4.78, 5) is 13.4. The van der Waals surface area contributed by atoms with Crippen molar-refractivity contribution in [1.29, 1.82) is 0 Å². The van der Waals surface area contributed by atoms with Crippen molar-refractivity contribution < 1.29 is 5.11 Å². The Hall–Kier alpha value is -3.47. The molecule has 1 aromatic carbocycles. The molecule has 0 bridgehead atoms. The molecule has 0 aliphatic heterocycles. The summed E-state index contributed by atoms with van der Waals surface area (Å²) in [5, 5.41) is 15.2. The molecule has 0 saturated heterocycles. The van der Waals surface area contributed by atoms with Crippen LogP contribution in [0.4, 0.5) is 5.82 Å². The van der Waals surface area contributed by atoms with E-state index in [1.807, 2.05) is 68.4 Å². The highest BCUT2D eigenvalue weighted by Gasteiger charge is 2.21. The second kappa shape index (κ2) is 7.03. The molecule has 0 aliphatic carbocycles. The summed E-state index contributed by atoms with van der Waals surface area (Å²) < 4.78 is 0. The van der Waals surface area contributed by atoms with Crippen molar-refractivity contribution in [3.63, 3.8) is 0 Å². The van der Waals surface area contributed by atoms with E-state index in [0.29, 0.717) is 11.1 Å². The zero-order chi connectivity index (χ0) is 18.8. The normalized spacial score (nSPS) is 12.1. The zero-order valence-electron chi connectivity index (χ0n) is 15.2. The second-order valence-electron chi connectivity index (χ2n) is 6.58. The number of nitrogens with one attached hydrogen (secondary N) is 1. The lowest BCUT2D eigenvalue weighted by molar-refractivity contribution is 0.471. The molecule has 27 heavy (non-hydrogen) atoms. The minimum atomic E-state index is -0.356. The summed E-state index contributed by atoms with van der Waals surface area (Å²) in [6.45, 7) is 3.97. The van der Waals surface area contributed by atoms with Crippen molar-refractivity contribution in [3.8, 4) is 5.75 Å². The molecule has 1 atom stereocenters. The number of hydrogen-bond donors (Lipinski definition) is 2. The van der Waals surface area contributed by atoms with E-state index in [-0.39, 0.29) is 11.8 Å². The summed E-state index contributed by atoms with van der Waals surface area (Å²) in [5.74, 6) is 0.880. The number of pyridine rings is 3. The van der Waals surface area contributed by atoms with Crippen molar-refractivity contribution in [2.24, 2.45) is 0 Å². The van der Waals surface area contributed by atoms with Crippen LogP contribution in [0.15, 0.2) is 67.0 Å². The number of benzene rings is 1. The van der Waals surface area contributed by atoms with Crippen LogP contribution in [-0.2, 0) is 0 Å². The van der Waals surface area contributed by atoms with Crippen LogP contribution in [0, 0.1) is 13.8 Å². The fourth-order valence-corrected chi connectivity index (χ4v) is 3.18. The van der Waals surface area contributed by atoms with Crippen LogP contribution in [0.5, 0.6) is 5.75 Å². The van der Waals surface area contributed by atoms with Gasteiger partial charge in [0.15, 0.2) is 0 Å². The van der Waals surface area contributed by atoms with Gasteiger partial charge in [0.2, 0.25) is 0 Å². The SMILES string of the molecule is Cc1ccnc(NC(c2cccc(C)n2)c2ccc3cccnc3c2O)c1. The third-order valence-electron chi connectivity index (χ3n) is 4.50. The quantitative estimate of drug-likeness (QED) is 0.561. The fraction of sp³-hybridized carbons (Fsp3) is 0.136. The first-order valence-electron chi connectivity index (χ1n) is 8.81. The third-order valence-corrected chi connectivity index (χ3v) is 4.50. The maximum atomic E-state index is 10.9. The number of hydrogen-bond acceptors (Lipinski definition) is 5. The van der Waals surface area contributed by atoms with E-state index in [1.54, 1.807) is 12.4 Å². The summed E-state index contributed by atoms with van der Waals surface area (Å²) in [6, 6.07) is 17.1. The molecule has 0 spiro atoms. The molecule has 0 saturated carbocycles. The Balaban J connectivity index is 1.86. The Bertz CT molecular complexity index is 1110. The van der Waals surface area contributed by atoms with E-state index in [4.69, 9.17) is 0 Å². The summed E-state index contributed by atoms with van der Waals surface area (Å²) >= 11 is 0. The van der Waals surface area contributed by atoms with Gasteiger partial charge in [0.1, 0.15) is 17.1 Å². The first kappa shape index (κ1) is 17.0. The van der Waals surface area contributed by atoms with Gasteiger partial charge < -0.3 is 10.4 Å². The molecule has 5 heteroatoms. The van der Waals surface area contributed by atoms with Gasteiger partial charge in [-0.3, -0.25) is 9.97 Å². The summed E-state index contributed by atoms with van der Waals surface area (Å²) in [7, 11) is 0. The molecule has 4 aromatic rings. The molecular formula is C22H20N4O. The van der Waals surface area contributed by atoms with E-state index in [9.17, 15) is 5.11 Å². The highest BCUT2D eigenvalue weighted by Crippen LogP contribution is 2.35. The van der Waals surface area contributed by atoms with Gasteiger partial charge in [-0.2, -0.15) is 0 Å². The molecule has 4 rings (SSSR count). The topological polar surface area (TPSA) is 70.9 Å². The molecule has 3 aromatic heterocycles. The number of phenols is 1. The lowest BCUT2D eigenvalue weighted by Gasteiger charge is -2.21.